The minimum Gasteiger partial charge on any atom is -0.435 e. The zero-order valence-corrected chi connectivity index (χ0v) is 8.08. The van der Waals surface area contributed by atoms with E-state index >= 15 is 0 Å². The van der Waals surface area contributed by atoms with Gasteiger partial charge in [-0.25, -0.2) is 0 Å². The Bertz CT molecular complexity index is 345. The summed E-state index contributed by atoms with van der Waals surface area (Å²) in [5.41, 5.74) is 0.686. The van der Waals surface area contributed by atoms with Crippen LogP contribution in [0.15, 0.2) is 24.3 Å². The molecule has 0 radical (unpaired) electrons. The number of benzene rings is 1. The molecule has 1 rings (SSSR count). The van der Waals surface area contributed by atoms with Gasteiger partial charge in [0, 0.05) is 5.69 Å². The molecule has 0 aliphatic rings. The van der Waals surface area contributed by atoms with Crippen molar-refractivity contribution < 1.29 is 13.5 Å². The molecule has 0 aromatic heterocycles. The first kappa shape index (κ1) is 11.2. The van der Waals surface area contributed by atoms with Crippen molar-refractivity contribution in [1.29, 1.82) is 5.26 Å². The molecule has 1 unspecified atom stereocenters. The topological polar surface area (TPSA) is 45.0 Å². The Labute approximate surface area is 86.3 Å². The van der Waals surface area contributed by atoms with E-state index in [1.54, 1.807) is 19.1 Å². The van der Waals surface area contributed by atoms with Gasteiger partial charge in [-0.1, -0.05) is 0 Å². The number of rotatable bonds is 4. The molecule has 0 bridgehead atoms. The van der Waals surface area contributed by atoms with Crippen LogP contribution in [0.5, 0.6) is 5.75 Å². The van der Waals surface area contributed by atoms with Crippen LogP contribution in [0.1, 0.15) is 6.92 Å². The van der Waals surface area contributed by atoms with Crippen LogP contribution in [0, 0.1) is 11.3 Å². The molecule has 1 N–H and O–H groups in total. The van der Waals surface area contributed by atoms with Crippen LogP contribution in [0.25, 0.3) is 0 Å². The van der Waals surface area contributed by atoms with Gasteiger partial charge in [0.05, 0.1) is 6.07 Å². The van der Waals surface area contributed by atoms with Gasteiger partial charge < -0.3 is 10.1 Å². The third kappa shape index (κ3) is 3.81. The first-order chi connectivity index (χ1) is 7.11. The molecule has 0 spiro atoms. The van der Waals surface area contributed by atoms with Crippen LogP contribution in [-0.2, 0) is 0 Å². The largest absolute Gasteiger partial charge is 0.435 e. The Morgan fingerprint density at radius 2 is 1.93 bits per heavy atom. The van der Waals surface area contributed by atoms with E-state index in [1.807, 2.05) is 6.07 Å². The molecule has 0 saturated carbocycles. The first-order valence-corrected chi connectivity index (χ1v) is 4.33. The predicted molar refractivity (Wildman–Crippen MR) is 51.8 cm³/mol. The number of nitrogens with zero attached hydrogens (tertiary/aromatic N) is 1. The zero-order valence-electron chi connectivity index (χ0n) is 8.08. The molecular weight excluding hydrogens is 202 g/mol. The van der Waals surface area contributed by atoms with Crippen LogP contribution < -0.4 is 10.1 Å². The lowest BCUT2D eigenvalue weighted by Crippen LogP contribution is -2.11. The molecular formula is C10H10F2N2O. The number of alkyl halides is 2. The van der Waals surface area contributed by atoms with Gasteiger partial charge in [-0.2, -0.15) is 14.0 Å². The normalized spacial score (nSPS) is 11.9. The maximum Gasteiger partial charge on any atom is 0.387 e. The Morgan fingerprint density at radius 3 is 2.40 bits per heavy atom. The molecule has 0 amide bonds. The van der Waals surface area contributed by atoms with E-state index in [4.69, 9.17) is 5.26 Å². The maximum atomic E-state index is 11.8. The molecule has 1 aromatic rings. The summed E-state index contributed by atoms with van der Waals surface area (Å²) in [6.45, 7) is -1.12. The lowest BCUT2D eigenvalue weighted by molar-refractivity contribution is -0.0498. The van der Waals surface area contributed by atoms with Gasteiger partial charge in [-0.3, -0.25) is 0 Å². The van der Waals surface area contributed by atoms with Crippen molar-refractivity contribution in [3.8, 4) is 11.8 Å². The minimum atomic E-state index is -2.82. The minimum absolute atomic E-state index is 0.0974. The summed E-state index contributed by atoms with van der Waals surface area (Å²) in [5, 5.41) is 11.4. The van der Waals surface area contributed by atoms with E-state index in [1.165, 1.54) is 12.1 Å². The molecule has 0 aliphatic carbocycles. The van der Waals surface area contributed by atoms with Crippen molar-refractivity contribution in [2.24, 2.45) is 0 Å². The average molecular weight is 212 g/mol. The highest BCUT2D eigenvalue weighted by Crippen LogP contribution is 2.17. The van der Waals surface area contributed by atoms with Crippen molar-refractivity contribution in [3.63, 3.8) is 0 Å². The number of anilines is 1. The van der Waals surface area contributed by atoms with E-state index in [9.17, 15) is 8.78 Å². The third-order valence-electron chi connectivity index (χ3n) is 1.66. The van der Waals surface area contributed by atoms with Crippen molar-refractivity contribution in [2.75, 3.05) is 5.32 Å². The Morgan fingerprint density at radius 1 is 1.33 bits per heavy atom. The molecule has 0 fully saturated rings. The van der Waals surface area contributed by atoms with E-state index < -0.39 is 6.61 Å². The quantitative estimate of drug-likeness (QED) is 0.834. The van der Waals surface area contributed by atoms with E-state index in [-0.39, 0.29) is 11.8 Å². The monoisotopic (exact) mass is 212 g/mol. The Balaban J connectivity index is 2.61. The number of nitriles is 1. The second-order valence-electron chi connectivity index (χ2n) is 2.90. The summed E-state index contributed by atoms with van der Waals surface area (Å²) >= 11 is 0. The average Bonchev–Trinajstić information content (AvgIpc) is 2.20. The summed E-state index contributed by atoms with van der Waals surface area (Å²) in [7, 11) is 0. The molecule has 0 saturated heterocycles. The molecule has 1 aromatic carbocycles. The Hall–Kier alpha value is -1.83. The second kappa shape index (κ2) is 5.15. The zero-order chi connectivity index (χ0) is 11.3. The third-order valence-corrected chi connectivity index (χ3v) is 1.66. The summed E-state index contributed by atoms with van der Waals surface area (Å²) < 4.78 is 27.8. The summed E-state index contributed by atoms with van der Waals surface area (Å²) in [5.74, 6) is 0.0974. The van der Waals surface area contributed by atoms with Crippen LogP contribution in [0.2, 0.25) is 0 Å². The number of hydrogen-bond acceptors (Lipinski definition) is 3. The molecule has 5 heteroatoms. The second-order valence-corrected chi connectivity index (χ2v) is 2.90. The van der Waals surface area contributed by atoms with Crippen molar-refractivity contribution in [2.45, 2.75) is 19.6 Å². The van der Waals surface area contributed by atoms with Gasteiger partial charge >= 0.3 is 6.61 Å². The SMILES string of the molecule is CC(C#N)Nc1ccc(OC(F)F)cc1. The first-order valence-electron chi connectivity index (χ1n) is 4.33. The highest BCUT2D eigenvalue weighted by molar-refractivity contribution is 5.47. The van der Waals surface area contributed by atoms with Gasteiger partial charge in [0.15, 0.2) is 0 Å². The lowest BCUT2D eigenvalue weighted by Gasteiger charge is -2.09. The number of nitrogens with one attached hydrogen (secondary N) is 1. The fraction of sp³-hybridized carbons (Fsp3) is 0.300. The molecule has 0 heterocycles. The van der Waals surface area contributed by atoms with Crippen LogP contribution >= 0.6 is 0 Å². The van der Waals surface area contributed by atoms with E-state index in [2.05, 4.69) is 10.1 Å². The standard InChI is InChI=1S/C10H10F2N2O/c1-7(6-13)14-8-2-4-9(5-3-8)15-10(11)12/h2-5,7,10,14H,1H3. The van der Waals surface area contributed by atoms with Crippen molar-refractivity contribution >= 4 is 5.69 Å². The molecule has 1 atom stereocenters. The fourth-order valence-corrected chi connectivity index (χ4v) is 1.01. The summed E-state index contributed by atoms with van der Waals surface area (Å²) in [6, 6.07) is 7.65. The van der Waals surface area contributed by atoms with Gasteiger partial charge in [0.2, 0.25) is 0 Å². The van der Waals surface area contributed by atoms with Crippen molar-refractivity contribution in [1.82, 2.24) is 0 Å². The van der Waals surface area contributed by atoms with E-state index in [0.29, 0.717) is 5.69 Å². The lowest BCUT2D eigenvalue weighted by atomic mass is 10.2. The number of ether oxygens (including phenoxy) is 1. The van der Waals surface area contributed by atoms with Crippen LogP contribution in [-0.4, -0.2) is 12.7 Å². The Kier molecular flexibility index (Phi) is 3.86. The fourth-order valence-electron chi connectivity index (χ4n) is 1.01. The molecule has 3 nitrogen and oxygen atoms in total. The molecule has 0 aliphatic heterocycles. The van der Waals surface area contributed by atoms with Gasteiger partial charge in [0.1, 0.15) is 11.8 Å². The summed E-state index contributed by atoms with van der Waals surface area (Å²) in [4.78, 5) is 0. The molecule has 80 valence electrons. The predicted octanol–water partition coefficient (Wildman–Crippen LogP) is 2.61. The van der Waals surface area contributed by atoms with Gasteiger partial charge in [-0.15, -0.1) is 0 Å². The summed E-state index contributed by atoms with van der Waals surface area (Å²) in [6.07, 6.45) is 0. The van der Waals surface area contributed by atoms with E-state index in [0.717, 1.165) is 0 Å². The smallest absolute Gasteiger partial charge is 0.387 e. The maximum absolute atomic E-state index is 11.8. The van der Waals surface area contributed by atoms with Crippen LogP contribution in [0.4, 0.5) is 14.5 Å². The number of hydrogen-bond donors (Lipinski definition) is 1. The van der Waals surface area contributed by atoms with Crippen molar-refractivity contribution in [3.05, 3.63) is 24.3 Å². The number of halogens is 2. The molecule has 15 heavy (non-hydrogen) atoms. The van der Waals surface area contributed by atoms with Gasteiger partial charge in [0.25, 0.3) is 0 Å². The highest BCUT2D eigenvalue weighted by Gasteiger charge is 2.04. The van der Waals surface area contributed by atoms with Gasteiger partial charge in [-0.05, 0) is 31.2 Å². The highest BCUT2D eigenvalue weighted by atomic mass is 19.3. The van der Waals surface area contributed by atoms with Crippen LogP contribution in [0.3, 0.4) is 0 Å².